The SMILES string of the molecule is CC12C=CC=CC1CC1(CCNCC1)C2N. The Balaban J connectivity index is 1.95. The van der Waals surface area contributed by atoms with Crippen LogP contribution >= 0.6 is 0 Å². The van der Waals surface area contributed by atoms with E-state index in [0.717, 1.165) is 13.1 Å². The molecule has 0 aromatic rings. The molecule has 3 aliphatic rings. The molecule has 88 valence electrons. The van der Waals surface area contributed by atoms with Crippen LogP contribution in [0, 0.1) is 16.7 Å². The van der Waals surface area contributed by atoms with Gasteiger partial charge >= 0.3 is 0 Å². The van der Waals surface area contributed by atoms with E-state index in [1.54, 1.807) is 0 Å². The van der Waals surface area contributed by atoms with Gasteiger partial charge in [-0.3, -0.25) is 0 Å². The van der Waals surface area contributed by atoms with Crippen molar-refractivity contribution < 1.29 is 0 Å². The maximum Gasteiger partial charge on any atom is 0.0192 e. The van der Waals surface area contributed by atoms with Crippen LogP contribution < -0.4 is 11.1 Å². The zero-order valence-electron chi connectivity index (χ0n) is 10.1. The Morgan fingerprint density at radius 3 is 2.69 bits per heavy atom. The molecule has 2 nitrogen and oxygen atoms in total. The van der Waals surface area contributed by atoms with E-state index in [1.807, 2.05) is 0 Å². The highest BCUT2D eigenvalue weighted by Gasteiger charge is 2.56. The van der Waals surface area contributed by atoms with E-state index >= 15 is 0 Å². The summed E-state index contributed by atoms with van der Waals surface area (Å²) in [4.78, 5) is 0. The smallest absolute Gasteiger partial charge is 0.0192 e. The van der Waals surface area contributed by atoms with E-state index in [4.69, 9.17) is 5.73 Å². The molecule has 0 aromatic carbocycles. The lowest BCUT2D eigenvalue weighted by Gasteiger charge is -2.41. The largest absolute Gasteiger partial charge is 0.326 e. The third-order valence-corrected chi connectivity index (χ3v) is 5.26. The Bertz CT molecular complexity index is 339. The van der Waals surface area contributed by atoms with Crippen LogP contribution in [0.3, 0.4) is 0 Å². The third kappa shape index (κ3) is 1.26. The summed E-state index contributed by atoms with van der Waals surface area (Å²) in [6.45, 7) is 4.63. The van der Waals surface area contributed by atoms with Gasteiger partial charge in [0.1, 0.15) is 0 Å². The minimum atomic E-state index is 0.200. The van der Waals surface area contributed by atoms with Gasteiger partial charge in [-0.1, -0.05) is 31.2 Å². The van der Waals surface area contributed by atoms with Crippen LogP contribution in [0.2, 0.25) is 0 Å². The Morgan fingerprint density at radius 1 is 1.25 bits per heavy atom. The number of hydrogen-bond donors (Lipinski definition) is 2. The highest BCUT2D eigenvalue weighted by Crippen LogP contribution is 2.58. The van der Waals surface area contributed by atoms with Crippen LogP contribution in [-0.2, 0) is 0 Å². The van der Waals surface area contributed by atoms with Crippen molar-refractivity contribution >= 4 is 0 Å². The number of rotatable bonds is 0. The fourth-order valence-electron chi connectivity index (χ4n) is 4.08. The number of hydrogen-bond acceptors (Lipinski definition) is 2. The average molecular weight is 218 g/mol. The summed E-state index contributed by atoms with van der Waals surface area (Å²) in [5, 5.41) is 3.46. The highest BCUT2D eigenvalue weighted by atomic mass is 14.9. The number of nitrogens with two attached hydrogens (primary N) is 1. The summed E-state index contributed by atoms with van der Waals surface area (Å²) >= 11 is 0. The molecule has 2 heteroatoms. The van der Waals surface area contributed by atoms with E-state index < -0.39 is 0 Å². The van der Waals surface area contributed by atoms with Crippen LogP contribution in [0.5, 0.6) is 0 Å². The zero-order chi connectivity index (χ0) is 11.2. The molecular formula is C14H22N2. The van der Waals surface area contributed by atoms with Gasteiger partial charge < -0.3 is 11.1 Å². The van der Waals surface area contributed by atoms with Crippen LogP contribution in [0.4, 0.5) is 0 Å². The summed E-state index contributed by atoms with van der Waals surface area (Å²) in [6.07, 6.45) is 12.9. The molecule has 1 saturated heterocycles. The van der Waals surface area contributed by atoms with Crippen molar-refractivity contribution in [2.45, 2.75) is 32.2 Å². The second kappa shape index (κ2) is 3.44. The van der Waals surface area contributed by atoms with Gasteiger partial charge in [-0.15, -0.1) is 0 Å². The molecule has 3 N–H and O–H groups in total. The van der Waals surface area contributed by atoms with Crippen molar-refractivity contribution in [1.29, 1.82) is 0 Å². The van der Waals surface area contributed by atoms with Crippen LogP contribution in [0.25, 0.3) is 0 Å². The average Bonchev–Trinajstić information content (AvgIpc) is 2.52. The summed E-state index contributed by atoms with van der Waals surface area (Å²) in [5.41, 5.74) is 7.21. The van der Waals surface area contributed by atoms with E-state index in [0.29, 0.717) is 17.4 Å². The van der Waals surface area contributed by atoms with Gasteiger partial charge in [0.05, 0.1) is 0 Å². The fourth-order valence-corrected chi connectivity index (χ4v) is 4.08. The predicted molar refractivity (Wildman–Crippen MR) is 67.0 cm³/mol. The second-order valence-electron chi connectivity index (χ2n) is 6.01. The van der Waals surface area contributed by atoms with Gasteiger partial charge in [0.2, 0.25) is 0 Å². The first-order valence-corrected chi connectivity index (χ1v) is 6.50. The topological polar surface area (TPSA) is 38.0 Å². The molecule has 0 aromatic heterocycles. The molecule has 3 rings (SSSR count). The first kappa shape index (κ1) is 10.5. The van der Waals surface area contributed by atoms with E-state index in [-0.39, 0.29) is 5.41 Å². The molecule has 3 atom stereocenters. The first-order valence-electron chi connectivity index (χ1n) is 6.50. The van der Waals surface area contributed by atoms with Crippen molar-refractivity contribution in [3.63, 3.8) is 0 Å². The molecule has 1 aliphatic heterocycles. The maximum absolute atomic E-state index is 6.62. The van der Waals surface area contributed by atoms with E-state index in [1.165, 1.54) is 19.3 Å². The summed E-state index contributed by atoms with van der Waals surface area (Å²) in [7, 11) is 0. The van der Waals surface area contributed by atoms with Crippen molar-refractivity contribution in [2.75, 3.05) is 13.1 Å². The molecular weight excluding hydrogens is 196 g/mol. The maximum atomic E-state index is 6.62. The minimum Gasteiger partial charge on any atom is -0.326 e. The molecule has 1 spiro atoms. The quantitative estimate of drug-likeness (QED) is 0.651. The zero-order valence-corrected chi connectivity index (χ0v) is 10.1. The summed E-state index contributed by atoms with van der Waals surface area (Å²) in [5.74, 6) is 0.658. The summed E-state index contributed by atoms with van der Waals surface area (Å²) < 4.78 is 0. The number of piperidine rings is 1. The number of fused-ring (bicyclic) bond motifs is 1. The first-order chi connectivity index (χ1) is 7.67. The molecule has 0 bridgehead atoms. The standard InChI is InChI=1S/C14H22N2/c1-13-5-3-2-4-11(13)10-14(12(13)15)6-8-16-9-7-14/h2-5,11-12,16H,6-10,15H2,1H3. The van der Waals surface area contributed by atoms with Crippen molar-refractivity contribution in [1.82, 2.24) is 5.32 Å². The van der Waals surface area contributed by atoms with E-state index in [9.17, 15) is 0 Å². The minimum absolute atomic E-state index is 0.200. The third-order valence-electron chi connectivity index (χ3n) is 5.26. The molecule has 3 unspecified atom stereocenters. The van der Waals surface area contributed by atoms with Gasteiger partial charge in [-0.25, -0.2) is 0 Å². The Labute approximate surface area is 98.0 Å². The Morgan fingerprint density at radius 2 is 2.00 bits per heavy atom. The fraction of sp³-hybridized carbons (Fsp3) is 0.714. The normalized spacial score (nSPS) is 44.9. The van der Waals surface area contributed by atoms with Crippen molar-refractivity contribution in [3.05, 3.63) is 24.3 Å². The van der Waals surface area contributed by atoms with Gasteiger partial charge in [-0.2, -0.15) is 0 Å². The lowest BCUT2D eigenvalue weighted by molar-refractivity contribution is 0.157. The highest BCUT2D eigenvalue weighted by molar-refractivity contribution is 5.27. The lowest BCUT2D eigenvalue weighted by Crippen LogP contribution is -2.50. The Kier molecular flexibility index (Phi) is 2.27. The summed E-state index contributed by atoms with van der Waals surface area (Å²) in [6, 6.07) is 0.327. The van der Waals surface area contributed by atoms with Gasteiger partial charge in [0.15, 0.2) is 0 Å². The van der Waals surface area contributed by atoms with Crippen molar-refractivity contribution in [3.8, 4) is 0 Å². The van der Waals surface area contributed by atoms with Crippen LogP contribution in [-0.4, -0.2) is 19.1 Å². The molecule has 2 fully saturated rings. The lowest BCUT2D eigenvalue weighted by atomic mass is 9.69. The Hall–Kier alpha value is -0.600. The van der Waals surface area contributed by atoms with Gasteiger partial charge in [0.25, 0.3) is 0 Å². The predicted octanol–water partition coefficient (Wildman–Crippen LogP) is 1.84. The van der Waals surface area contributed by atoms with Gasteiger partial charge in [-0.05, 0) is 43.7 Å². The van der Waals surface area contributed by atoms with Crippen molar-refractivity contribution in [2.24, 2.45) is 22.5 Å². The number of nitrogens with one attached hydrogen (secondary N) is 1. The molecule has 0 amide bonds. The second-order valence-corrected chi connectivity index (χ2v) is 6.01. The van der Waals surface area contributed by atoms with Crippen LogP contribution in [0.1, 0.15) is 26.2 Å². The molecule has 0 radical (unpaired) electrons. The van der Waals surface area contributed by atoms with Crippen LogP contribution in [0.15, 0.2) is 24.3 Å². The molecule has 16 heavy (non-hydrogen) atoms. The van der Waals surface area contributed by atoms with Gasteiger partial charge in [0, 0.05) is 11.5 Å². The molecule has 1 saturated carbocycles. The molecule has 2 aliphatic carbocycles. The van der Waals surface area contributed by atoms with E-state index in [2.05, 4.69) is 36.5 Å². The monoisotopic (exact) mass is 218 g/mol. The number of allylic oxidation sites excluding steroid dienone is 3. The molecule has 1 heterocycles.